The van der Waals surface area contributed by atoms with Crippen molar-refractivity contribution in [2.75, 3.05) is 0 Å². The van der Waals surface area contributed by atoms with E-state index in [2.05, 4.69) is 9.55 Å². The van der Waals surface area contributed by atoms with E-state index < -0.39 is 0 Å². The summed E-state index contributed by atoms with van der Waals surface area (Å²) < 4.78 is 2.21. The first kappa shape index (κ1) is 6.85. The van der Waals surface area contributed by atoms with Crippen LogP contribution in [0, 0.1) is 0 Å². The Morgan fingerprint density at radius 1 is 1.64 bits per heavy atom. The number of hydrogen-bond donors (Lipinski definition) is 1. The molecule has 0 unspecified atom stereocenters. The summed E-state index contributed by atoms with van der Waals surface area (Å²) in [5.41, 5.74) is 5.53. The van der Waals surface area contributed by atoms with Gasteiger partial charge in [0.15, 0.2) is 0 Å². The number of hydrogen-bond acceptors (Lipinski definition) is 2. The second kappa shape index (κ2) is 2.66. The van der Waals surface area contributed by atoms with Gasteiger partial charge >= 0.3 is 0 Å². The van der Waals surface area contributed by atoms with E-state index in [0.29, 0.717) is 12.6 Å². The molecule has 0 spiro atoms. The maximum absolute atomic E-state index is 5.53. The molecule has 3 nitrogen and oxygen atoms in total. The van der Waals surface area contributed by atoms with E-state index in [1.54, 1.807) is 0 Å². The van der Waals surface area contributed by atoms with Crippen molar-refractivity contribution < 1.29 is 0 Å². The predicted molar refractivity (Wildman–Crippen MR) is 43.0 cm³/mol. The zero-order chi connectivity index (χ0) is 7.68. The van der Waals surface area contributed by atoms with Crippen LogP contribution in [0.4, 0.5) is 0 Å². The van der Waals surface area contributed by atoms with Crippen LogP contribution >= 0.6 is 0 Å². The van der Waals surface area contributed by atoms with Crippen molar-refractivity contribution in [3.05, 3.63) is 18.2 Å². The topological polar surface area (TPSA) is 43.8 Å². The first-order valence-electron chi connectivity index (χ1n) is 4.13. The average molecular weight is 151 g/mol. The predicted octanol–water partition coefficient (Wildman–Crippen LogP) is 1.07. The molecule has 0 atom stereocenters. The highest BCUT2D eigenvalue weighted by molar-refractivity contribution is 4.96. The first-order chi connectivity index (χ1) is 5.42. The smallest absolute Gasteiger partial charge is 0.122 e. The van der Waals surface area contributed by atoms with Gasteiger partial charge in [-0.2, -0.15) is 0 Å². The lowest BCUT2D eigenvalue weighted by Crippen LogP contribution is -2.19. The van der Waals surface area contributed by atoms with Crippen LogP contribution in [0.2, 0.25) is 0 Å². The minimum atomic E-state index is 0.559. The molecular weight excluding hydrogens is 138 g/mol. The molecule has 1 aliphatic carbocycles. The fourth-order valence-electron chi connectivity index (χ4n) is 1.50. The SMILES string of the molecule is NCc1nccn1C1CCC1. The summed E-state index contributed by atoms with van der Waals surface area (Å²) in [4.78, 5) is 4.18. The molecular formula is C8H13N3. The Kier molecular flexibility index (Phi) is 1.66. The summed E-state index contributed by atoms with van der Waals surface area (Å²) in [5, 5.41) is 0. The lowest BCUT2D eigenvalue weighted by atomic mass is 9.93. The first-order valence-corrected chi connectivity index (χ1v) is 4.13. The molecule has 1 aliphatic rings. The second-order valence-electron chi connectivity index (χ2n) is 3.04. The third kappa shape index (κ3) is 1.05. The largest absolute Gasteiger partial charge is 0.331 e. The van der Waals surface area contributed by atoms with E-state index in [0.717, 1.165) is 5.82 Å². The lowest BCUT2D eigenvalue weighted by molar-refractivity contribution is 0.306. The minimum absolute atomic E-state index is 0.559. The van der Waals surface area contributed by atoms with Gasteiger partial charge < -0.3 is 10.3 Å². The molecule has 0 aromatic carbocycles. The number of nitrogens with zero attached hydrogens (tertiary/aromatic N) is 2. The van der Waals surface area contributed by atoms with Crippen LogP contribution in [0.5, 0.6) is 0 Å². The molecule has 1 aromatic heterocycles. The van der Waals surface area contributed by atoms with E-state index in [-0.39, 0.29) is 0 Å². The summed E-state index contributed by atoms with van der Waals surface area (Å²) >= 11 is 0. The van der Waals surface area contributed by atoms with Gasteiger partial charge in [0.25, 0.3) is 0 Å². The highest BCUT2D eigenvalue weighted by Gasteiger charge is 2.20. The van der Waals surface area contributed by atoms with Crippen molar-refractivity contribution in [3.63, 3.8) is 0 Å². The highest BCUT2D eigenvalue weighted by Crippen LogP contribution is 2.31. The fraction of sp³-hybridized carbons (Fsp3) is 0.625. The molecule has 0 aliphatic heterocycles. The van der Waals surface area contributed by atoms with Crippen molar-refractivity contribution >= 4 is 0 Å². The molecule has 1 fully saturated rings. The highest BCUT2D eigenvalue weighted by atomic mass is 15.1. The molecule has 3 heteroatoms. The zero-order valence-corrected chi connectivity index (χ0v) is 6.53. The standard InChI is InChI=1S/C8H13N3/c9-6-8-10-4-5-11(8)7-2-1-3-7/h4-5,7H,1-3,6,9H2. The summed E-state index contributed by atoms with van der Waals surface area (Å²) in [7, 11) is 0. The molecule has 11 heavy (non-hydrogen) atoms. The van der Waals surface area contributed by atoms with Crippen molar-refractivity contribution in [1.29, 1.82) is 0 Å². The number of nitrogens with two attached hydrogens (primary N) is 1. The summed E-state index contributed by atoms with van der Waals surface area (Å²) in [6.45, 7) is 0.559. The van der Waals surface area contributed by atoms with Crippen molar-refractivity contribution in [3.8, 4) is 0 Å². The van der Waals surface area contributed by atoms with Gasteiger partial charge in [0.1, 0.15) is 5.82 Å². The fourth-order valence-corrected chi connectivity index (χ4v) is 1.50. The van der Waals surface area contributed by atoms with Crippen molar-refractivity contribution in [2.24, 2.45) is 5.73 Å². The Hall–Kier alpha value is -0.830. The van der Waals surface area contributed by atoms with Crippen LogP contribution < -0.4 is 5.73 Å². The van der Waals surface area contributed by atoms with E-state index >= 15 is 0 Å². The van der Waals surface area contributed by atoms with Crippen LogP contribution in [0.3, 0.4) is 0 Å². The molecule has 0 saturated heterocycles. The van der Waals surface area contributed by atoms with Gasteiger partial charge in [-0.3, -0.25) is 0 Å². The van der Waals surface area contributed by atoms with Gasteiger partial charge in [0.2, 0.25) is 0 Å². The zero-order valence-electron chi connectivity index (χ0n) is 6.53. The third-order valence-corrected chi connectivity index (χ3v) is 2.40. The average Bonchev–Trinajstić information content (AvgIpc) is 2.32. The van der Waals surface area contributed by atoms with Crippen LogP contribution in [-0.4, -0.2) is 9.55 Å². The summed E-state index contributed by atoms with van der Waals surface area (Å²) in [5.74, 6) is 1.02. The molecule has 1 heterocycles. The number of aromatic nitrogens is 2. The van der Waals surface area contributed by atoms with E-state index in [1.165, 1.54) is 19.3 Å². The number of rotatable bonds is 2. The Balaban J connectivity index is 2.20. The van der Waals surface area contributed by atoms with Crippen LogP contribution in [0.15, 0.2) is 12.4 Å². The molecule has 60 valence electrons. The Labute approximate surface area is 66.2 Å². The van der Waals surface area contributed by atoms with Crippen molar-refractivity contribution in [1.82, 2.24) is 9.55 Å². The van der Waals surface area contributed by atoms with Gasteiger partial charge in [0, 0.05) is 18.4 Å². The summed E-state index contributed by atoms with van der Waals surface area (Å²) in [6.07, 6.45) is 7.81. The van der Waals surface area contributed by atoms with Crippen LogP contribution in [-0.2, 0) is 6.54 Å². The molecule has 1 saturated carbocycles. The van der Waals surface area contributed by atoms with E-state index in [4.69, 9.17) is 5.73 Å². The molecule has 2 rings (SSSR count). The van der Waals surface area contributed by atoms with Crippen LogP contribution in [0.25, 0.3) is 0 Å². The van der Waals surface area contributed by atoms with Gasteiger partial charge in [-0.25, -0.2) is 4.98 Å². The normalized spacial score (nSPS) is 18.3. The molecule has 0 bridgehead atoms. The minimum Gasteiger partial charge on any atom is -0.331 e. The Morgan fingerprint density at radius 3 is 3.00 bits per heavy atom. The van der Waals surface area contributed by atoms with Crippen molar-refractivity contribution in [2.45, 2.75) is 31.8 Å². The lowest BCUT2D eigenvalue weighted by Gasteiger charge is -2.28. The molecule has 2 N–H and O–H groups in total. The number of imidazole rings is 1. The van der Waals surface area contributed by atoms with E-state index in [9.17, 15) is 0 Å². The molecule has 0 amide bonds. The maximum Gasteiger partial charge on any atom is 0.122 e. The van der Waals surface area contributed by atoms with Gasteiger partial charge in [-0.05, 0) is 19.3 Å². The molecule has 1 aromatic rings. The quantitative estimate of drug-likeness (QED) is 0.687. The molecule has 0 radical (unpaired) electrons. The van der Waals surface area contributed by atoms with Gasteiger partial charge in [-0.1, -0.05) is 0 Å². The monoisotopic (exact) mass is 151 g/mol. The Bertz CT molecular complexity index is 237. The summed E-state index contributed by atoms with van der Waals surface area (Å²) in [6, 6.07) is 0.691. The third-order valence-electron chi connectivity index (χ3n) is 2.40. The van der Waals surface area contributed by atoms with Gasteiger partial charge in [-0.15, -0.1) is 0 Å². The Morgan fingerprint density at radius 2 is 2.45 bits per heavy atom. The second-order valence-corrected chi connectivity index (χ2v) is 3.04. The van der Waals surface area contributed by atoms with Gasteiger partial charge in [0.05, 0.1) is 6.54 Å². The van der Waals surface area contributed by atoms with Crippen LogP contribution in [0.1, 0.15) is 31.1 Å². The van der Waals surface area contributed by atoms with E-state index in [1.807, 2.05) is 12.4 Å². The maximum atomic E-state index is 5.53.